The van der Waals surface area contributed by atoms with Crippen molar-refractivity contribution >= 4 is 71.7 Å². The van der Waals surface area contributed by atoms with Gasteiger partial charge in [-0.2, -0.15) is 0 Å². The lowest BCUT2D eigenvalue weighted by Gasteiger charge is -2.26. The molecule has 6 aromatic rings. The Morgan fingerprint density at radius 2 is 0.825 bits per heavy atom. The van der Waals surface area contributed by atoms with Gasteiger partial charge in [0.2, 0.25) is 0 Å². The molecule has 10 heteroatoms. The summed E-state index contributed by atoms with van der Waals surface area (Å²) in [5.74, 6) is 0.945. The predicted octanol–water partition coefficient (Wildman–Crippen LogP) is 6.57. The van der Waals surface area contributed by atoms with Crippen LogP contribution in [-0.2, 0) is 0 Å². The first kappa shape index (κ1) is 26.8. The molecule has 0 aliphatic rings. The number of rotatable bonds is 9. The zero-order valence-corrected chi connectivity index (χ0v) is 24.6. The maximum absolute atomic E-state index is 6.80. The van der Waals surface area contributed by atoms with E-state index in [0.717, 1.165) is 32.6 Å². The van der Waals surface area contributed by atoms with Crippen LogP contribution in [0, 0.1) is 0 Å². The predicted molar refractivity (Wildman–Crippen MR) is 161 cm³/mol. The molecule has 0 radical (unpaired) electrons. The first-order chi connectivity index (χ1) is 19.6. The molecule has 0 unspecified atom stereocenters. The van der Waals surface area contributed by atoms with Crippen molar-refractivity contribution in [2.24, 2.45) is 0 Å². The highest BCUT2D eigenvalue weighted by molar-refractivity contribution is 7.80. The molecule has 0 aliphatic carbocycles. The van der Waals surface area contributed by atoms with E-state index < -0.39 is 15.8 Å². The van der Waals surface area contributed by atoms with Crippen LogP contribution in [0.3, 0.4) is 0 Å². The minimum Gasteiger partial charge on any atom is -0.495 e. The largest absolute Gasteiger partial charge is 0.495 e. The van der Waals surface area contributed by atoms with Gasteiger partial charge in [-0.25, -0.2) is 0 Å². The Hall–Kier alpha value is -3.40. The van der Waals surface area contributed by atoms with Crippen LogP contribution in [0.5, 0.6) is 11.5 Å². The van der Waals surface area contributed by atoms with Gasteiger partial charge in [-0.05, 0) is 60.7 Å². The first-order valence-corrected chi connectivity index (χ1v) is 15.5. The van der Waals surface area contributed by atoms with Gasteiger partial charge in [0, 0.05) is 21.7 Å². The van der Waals surface area contributed by atoms with E-state index in [2.05, 4.69) is 0 Å². The molecule has 0 saturated heterocycles. The molecule has 2 aromatic carbocycles. The molecule has 202 valence electrons. The van der Waals surface area contributed by atoms with Gasteiger partial charge < -0.3 is 27.1 Å². The molecule has 40 heavy (non-hydrogen) atoms. The van der Waals surface area contributed by atoms with E-state index in [0.29, 0.717) is 32.7 Å². The highest BCUT2D eigenvalue weighted by Crippen LogP contribution is 2.50. The molecule has 6 rings (SSSR count). The summed E-state index contributed by atoms with van der Waals surface area (Å²) in [7, 11) is 0.566. The molecule has 0 N–H and O–H groups in total. The maximum atomic E-state index is 6.80. The summed E-state index contributed by atoms with van der Waals surface area (Å²) in [4.78, 5) is 0. The Bertz CT molecular complexity index is 1500. The van der Waals surface area contributed by atoms with Crippen LogP contribution < -0.4 is 42.1 Å². The Kier molecular flexibility index (Phi) is 7.78. The van der Waals surface area contributed by atoms with Gasteiger partial charge in [0.25, 0.3) is 0 Å². The second-order valence-corrected chi connectivity index (χ2v) is 13.3. The Morgan fingerprint density at radius 1 is 0.500 bits per heavy atom. The third-order valence-corrected chi connectivity index (χ3v) is 11.3. The van der Waals surface area contributed by atoms with Crippen LogP contribution in [0.25, 0.3) is 11.1 Å². The van der Waals surface area contributed by atoms with Crippen molar-refractivity contribution in [3.8, 4) is 22.6 Å². The summed E-state index contributed by atoms with van der Waals surface area (Å²) >= 11 is 13.6. The summed E-state index contributed by atoms with van der Waals surface area (Å²) in [5, 5.41) is 2.64. The third-order valence-electron chi connectivity index (χ3n) is 6.22. The van der Waals surface area contributed by atoms with E-state index >= 15 is 0 Å². The van der Waals surface area contributed by atoms with Crippen molar-refractivity contribution in [3.05, 3.63) is 108 Å². The lowest BCUT2D eigenvalue weighted by Crippen LogP contribution is -2.25. The second kappa shape index (κ2) is 11.6. The van der Waals surface area contributed by atoms with Crippen LogP contribution in [-0.4, -0.2) is 14.2 Å². The molecule has 0 atom stereocenters. The van der Waals surface area contributed by atoms with E-state index in [1.807, 2.05) is 72.8 Å². The van der Waals surface area contributed by atoms with Crippen LogP contribution in [0.1, 0.15) is 0 Å². The smallest absolute Gasteiger partial charge is 0.146 e. The van der Waals surface area contributed by atoms with Crippen molar-refractivity contribution in [1.82, 2.24) is 0 Å². The topological polar surface area (TPSA) is 71.0 Å². The Labute approximate surface area is 242 Å². The van der Waals surface area contributed by atoms with Crippen molar-refractivity contribution in [1.29, 1.82) is 0 Å². The SMILES string of the molecule is COc1c(Cl)ccc(P(c2ccco2)c2ccco2)c1-c1c(P(c2ccco2)c2ccco2)ccc(Cl)c1OC. The number of hydrogen-bond donors (Lipinski definition) is 0. The van der Waals surface area contributed by atoms with Crippen molar-refractivity contribution in [2.75, 3.05) is 14.2 Å². The molecule has 4 heterocycles. The van der Waals surface area contributed by atoms with E-state index in [-0.39, 0.29) is 0 Å². The van der Waals surface area contributed by atoms with Gasteiger partial charge in [0.05, 0.1) is 65.2 Å². The summed E-state index contributed by atoms with van der Waals surface area (Å²) in [5.41, 5.74) is 4.42. The molecule has 6 nitrogen and oxygen atoms in total. The van der Waals surface area contributed by atoms with Crippen LogP contribution >= 0.6 is 39.0 Å². The van der Waals surface area contributed by atoms with Crippen LogP contribution in [0.4, 0.5) is 0 Å². The number of halogens is 2. The molecular weight excluding hydrogens is 589 g/mol. The van der Waals surface area contributed by atoms with Gasteiger partial charge in [-0.1, -0.05) is 35.3 Å². The third kappa shape index (κ3) is 4.76. The number of benzene rings is 2. The molecule has 0 saturated carbocycles. The molecule has 0 spiro atoms. The minimum atomic E-state index is -1.31. The fraction of sp³-hybridized carbons (Fsp3) is 0.0667. The summed E-state index contributed by atoms with van der Waals surface area (Å²) in [6, 6.07) is 22.8. The lowest BCUT2D eigenvalue weighted by atomic mass is 10.0. The Balaban J connectivity index is 1.73. The van der Waals surface area contributed by atoms with Crippen molar-refractivity contribution in [3.63, 3.8) is 0 Å². The van der Waals surface area contributed by atoms with E-state index in [4.69, 9.17) is 50.3 Å². The van der Waals surface area contributed by atoms with Crippen LogP contribution in [0.15, 0.2) is 116 Å². The normalized spacial score (nSPS) is 11.4. The summed E-state index contributed by atoms with van der Waals surface area (Å²) in [6.45, 7) is 0. The first-order valence-electron chi connectivity index (χ1n) is 12.1. The monoisotopic (exact) mass is 610 g/mol. The molecule has 0 amide bonds. The number of ether oxygens (including phenoxy) is 2. The fourth-order valence-corrected chi connectivity index (χ4v) is 9.41. The summed E-state index contributed by atoms with van der Waals surface area (Å²) in [6.07, 6.45) is 6.61. The average molecular weight is 611 g/mol. The average Bonchev–Trinajstić information content (AvgIpc) is 3.79. The molecule has 4 aromatic heterocycles. The van der Waals surface area contributed by atoms with Gasteiger partial charge >= 0.3 is 0 Å². The van der Waals surface area contributed by atoms with E-state index in [1.54, 1.807) is 39.3 Å². The van der Waals surface area contributed by atoms with Crippen molar-refractivity contribution in [2.45, 2.75) is 0 Å². The fourth-order valence-electron chi connectivity index (χ4n) is 4.63. The molecule has 0 bridgehead atoms. The van der Waals surface area contributed by atoms with Gasteiger partial charge in [0.1, 0.15) is 33.5 Å². The zero-order valence-electron chi connectivity index (χ0n) is 21.3. The van der Waals surface area contributed by atoms with Crippen molar-refractivity contribution < 1.29 is 27.1 Å². The van der Waals surface area contributed by atoms with E-state index in [1.165, 1.54) is 0 Å². The number of furan rings is 4. The second-order valence-electron chi connectivity index (χ2n) is 8.43. The lowest BCUT2D eigenvalue weighted by molar-refractivity contribution is 0.411. The highest BCUT2D eigenvalue weighted by atomic mass is 35.5. The standard InChI is InChI=1S/C30H22Cl2O6P2/c1-33-29-19(31)11-13-21(39(23-7-3-15-35-23)24-8-4-16-36-24)27(29)28-22(14-12-20(32)30(28)34-2)40(25-9-5-17-37-25)26-10-6-18-38-26/h3-18H,1-2H3. The molecular formula is C30H22Cl2O6P2. The van der Waals surface area contributed by atoms with Gasteiger partial charge in [0.15, 0.2) is 0 Å². The zero-order chi connectivity index (χ0) is 27.6. The minimum absolute atomic E-state index is 0.434. The number of methoxy groups -OCH3 is 2. The summed E-state index contributed by atoms with van der Waals surface area (Å²) < 4.78 is 35.8. The van der Waals surface area contributed by atoms with Gasteiger partial charge in [-0.3, -0.25) is 0 Å². The van der Waals surface area contributed by atoms with Crippen LogP contribution in [0.2, 0.25) is 10.0 Å². The molecule has 0 fully saturated rings. The van der Waals surface area contributed by atoms with Gasteiger partial charge in [-0.15, -0.1) is 0 Å². The van der Waals surface area contributed by atoms with E-state index in [9.17, 15) is 0 Å². The maximum Gasteiger partial charge on any atom is 0.146 e. The highest BCUT2D eigenvalue weighted by Gasteiger charge is 2.34. The molecule has 0 aliphatic heterocycles. The quantitative estimate of drug-likeness (QED) is 0.173. The number of hydrogen-bond acceptors (Lipinski definition) is 6. The Morgan fingerprint density at radius 3 is 1.07 bits per heavy atom.